The molecule has 0 aliphatic heterocycles. The van der Waals surface area contributed by atoms with Crippen LogP contribution in [-0.4, -0.2) is 25.2 Å². The Morgan fingerprint density at radius 3 is 0.976 bits per heavy atom. The van der Waals surface area contributed by atoms with Gasteiger partial charge in [0.2, 0.25) is 0 Å². The van der Waals surface area contributed by atoms with Gasteiger partial charge in [0.25, 0.3) is 11.4 Å². The molecular weight excluding hydrogens is 597 g/mol. The molecule has 0 saturated heterocycles. The highest BCUT2D eigenvalue weighted by Crippen LogP contribution is 2.25. The number of hydrogen-bond acceptors (Lipinski definition) is 7. The lowest BCUT2D eigenvalue weighted by Gasteiger charge is -2.18. The molecule has 212 valence electrons. The van der Waals surface area contributed by atoms with Gasteiger partial charge in [-0.2, -0.15) is 0 Å². The molecule has 4 aromatic rings. The maximum Gasteiger partial charge on any atom is 0.269 e. The van der Waals surface area contributed by atoms with Crippen molar-refractivity contribution < 1.29 is 9.85 Å². The summed E-state index contributed by atoms with van der Waals surface area (Å²) in [5.74, 6) is 0. The van der Waals surface area contributed by atoms with Crippen LogP contribution in [0.3, 0.4) is 0 Å². The van der Waals surface area contributed by atoms with Gasteiger partial charge in [0.05, 0.1) is 32.6 Å². The van der Waals surface area contributed by atoms with E-state index in [1.165, 1.54) is 24.3 Å². The minimum atomic E-state index is -0.472. The predicted molar refractivity (Wildman–Crippen MR) is 179 cm³/mol. The Kier molecular flexibility index (Phi) is 9.83. The van der Waals surface area contributed by atoms with Crippen molar-refractivity contribution >= 4 is 97.5 Å². The van der Waals surface area contributed by atoms with Crippen LogP contribution in [0.1, 0.15) is 0 Å². The van der Waals surface area contributed by atoms with E-state index in [-0.39, 0.29) is 21.6 Å². The van der Waals surface area contributed by atoms with Crippen molar-refractivity contribution in [1.29, 1.82) is 0 Å². The van der Waals surface area contributed by atoms with Crippen LogP contribution in [0.5, 0.6) is 0 Å². The number of thiocarbonyl (C=S) groups is 3. The minimum absolute atomic E-state index is 0.0191. The first kappa shape index (κ1) is 29.7. The predicted octanol–water partition coefficient (Wildman–Crippen LogP) is 6.93. The second kappa shape index (κ2) is 13.9. The minimum Gasteiger partial charge on any atom is -0.332 e. The van der Waals surface area contributed by atoms with E-state index in [2.05, 4.69) is 31.9 Å². The molecular formula is C27H22N8O4S3. The Morgan fingerprint density at radius 2 is 0.714 bits per heavy atom. The lowest BCUT2D eigenvalue weighted by atomic mass is 10.2. The summed E-state index contributed by atoms with van der Waals surface area (Å²) in [6, 6.07) is 26.4. The molecule has 0 aliphatic rings. The van der Waals surface area contributed by atoms with Gasteiger partial charge in [-0.15, -0.1) is 0 Å². The average molecular weight is 619 g/mol. The van der Waals surface area contributed by atoms with Gasteiger partial charge in [-0.1, -0.05) is 24.3 Å². The molecule has 0 aromatic heterocycles. The fourth-order valence-electron chi connectivity index (χ4n) is 3.58. The molecule has 42 heavy (non-hydrogen) atoms. The summed E-state index contributed by atoms with van der Waals surface area (Å²) >= 11 is 16.4. The Bertz CT molecular complexity index is 1530. The fourth-order valence-corrected chi connectivity index (χ4v) is 4.26. The van der Waals surface area contributed by atoms with Gasteiger partial charge in [-0.05, 0) is 85.2 Å². The molecule has 0 aliphatic carbocycles. The van der Waals surface area contributed by atoms with Crippen LogP contribution in [0.4, 0.5) is 45.5 Å². The standard InChI is InChI=1S/C27H22N8O4S3/c36-34(37)19-13-9-17(10-14-19)28-25(40)30-21-5-1-3-7-23(21)32-27(42)33-24-8-4-2-6-22(24)31-26(41)29-18-11-15-20(16-12-18)35(38)39/h1-16H,(H2,28,30,40)(H2,29,31,41)(H2,32,33,42). The monoisotopic (exact) mass is 618 g/mol. The zero-order chi connectivity index (χ0) is 30.1. The lowest BCUT2D eigenvalue weighted by molar-refractivity contribution is -0.385. The molecule has 0 spiro atoms. The average Bonchev–Trinajstić information content (AvgIpc) is 2.95. The molecule has 0 amide bonds. The molecule has 12 nitrogen and oxygen atoms in total. The summed E-state index contributed by atoms with van der Waals surface area (Å²) in [5, 5.41) is 41.1. The first-order chi connectivity index (χ1) is 20.2. The van der Waals surface area contributed by atoms with Crippen molar-refractivity contribution in [3.05, 3.63) is 117 Å². The molecule has 15 heteroatoms. The van der Waals surface area contributed by atoms with E-state index < -0.39 is 9.85 Å². The first-order valence-corrected chi connectivity index (χ1v) is 13.3. The number of rotatable bonds is 8. The molecule has 0 atom stereocenters. The Labute approximate surface area is 255 Å². The summed E-state index contributed by atoms with van der Waals surface area (Å²) in [7, 11) is 0. The van der Waals surface area contributed by atoms with Crippen LogP contribution >= 0.6 is 36.7 Å². The fraction of sp³-hybridized carbons (Fsp3) is 0. The highest BCUT2D eigenvalue weighted by atomic mass is 32.1. The van der Waals surface area contributed by atoms with E-state index in [1.807, 2.05) is 48.5 Å². The number of benzene rings is 4. The van der Waals surface area contributed by atoms with Crippen molar-refractivity contribution in [2.45, 2.75) is 0 Å². The third-order valence-electron chi connectivity index (χ3n) is 5.52. The van der Waals surface area contributed by atoms with Gasteiger partial charge < -0.3 is 31.9 Å². The van der Waals surface area contributed by atoms with Gasteiger partial charge in [-0.25, -0.2) is 0 Å². The molecule has 0 fully saturated rings. The van der Waals surface area contributed by atoms with E-state index in [0.717, 1.165) is 0 Å². The number of non-ortho nitro benzene ring substituents is 2. The Hall–Kier alpha value is -5.25. The molecule has 0 heterocycles. The summed E-state index contributed by atoms with van der Waals surface area (Å²) in [6.45, 7) is 0. The van der Waals surface area contributed by atoms with Crippen LogP contribution in [0.2, 0.25) is 0 Å². The van der Waals surface area contributed by atoms with Crippen molar-refractivity contribution in [2.75, 3.05) is 31.9 Å². The van der Waals surface area contributed by atoms with Gasteiger partial charge in [0.1, 0.15) is 0 Å². The Morgan fingerprint density at radius 1 is 0.452 bits per heavy atom. The third-order valence-corrected chi connectivity index (χ3v) is 6.13. The van der Waals surface area contributed by atoms with Crippen molar-refractivity contribution in [3.8, 4) is 0 Å². The summed E-state index contributed by atoms with van der Waals surface area (Å²) in [6.07, 6.45) is 0. The number of anilines is 6. The zero-order valence-electron chi connectivity index (χ0n) is 21.5. The third kappa shape index (κ3) is 8.37. The van der Waals surface area contributed by atoms with Crippen molar-refractivity contribution in [2.24, 2.45) is 0 Å². The quantitative estimate of drug-likeness (QED) is 0.0686. The van der Waals surface area contributed by atoms with E-state index in [9.17, 15) is 20.2 Å². The SMILES string of the molecule is O=[N+]([O-])c1ccc(NC(=S)Nc2ccccc2NC(=S)Nc2ccccc2NC(=S)Nc2ccc([N+](=O)[O-])cc2)cc1. The van der Waals surface area contributed by atoms with Crippen molar-refractivity contribution in [1.82, 2.24) is 0 Å². The zero-order valence-corrected chi connectivity index (χ0v) is 23.9. The van der Waals surface area contributed by atoms with Crippen LogP contribution in [0.15, 0.2) is 97.1 Å². The summed E-state index contributed by atoms with van der Waals surface area (Å²) in [4.78, 5) is 20.8. The summed E-state index contributed by atoms with van der Waals surface area (Å²) in [5.41, 5.74) is 3.70. The molecule has 0 radical (unpaired) electrons. The molecule has 0 bridgehead atoms. The smallest absolute Gasteiger partial charge is 0.269 e. The van der Waals surface area contributed by atoms with Gasteiger partial charge >= 0.3 is 0 Å². The van der Waals surface area contributed by atoms with Gasteiger partial charge in [-0.3, -0.25) is 20.2 Å². The van der Waals surface area contributed by atoms with E-state index in [1.54, 1.807) is 24.3 Å². The maximum absolute atomic E-state index is 10.9. The van der Waals surface area contributed by atoms with Crippen molar-refractivity contribution in [3.63, 3.8) is 0 Å². The number of nitro groups is 2. The number of nitrogens with one attached hydrogen (secondary N) is 6. The number of nitrogens with zero attached hydrogens (tertiary/aromatic N) is 2. The lowest BCUT2D eigenvalue weighted by Crippen LogP contribution is -2.24. The number of nitro benzene ring substituents is 2. The van der Waals surface area contributed by atoms with Gasteiger partial charge in [0.15, 0.2) is 15.3 Å². The first-order valence-electron chi connectivity index (χ1n) is 12.1. The van der Waals surface area contributed by atoms with Crippen LogP contribution in [-0.2, 0) is 0 Å². The Balaban J connectivity index is 1.36. The molecule has 6 N–H and O–H groups in total. The largest absolute Gasteiger partial charge is 0.332 e. The van der Waals surface area contributed by atoms with Crippen LogP contribution in [0.25, 0.3) is 0 Å². The van der Waals surface area contributed by atoms with E-state index in [4.69, 9.17) is 36.7 Å². The second-order valence-electron chi connectivity index (χ2n) is 8.44. The molecule has 0 unspecified atom stereocenters. The maximum atomic E-state index is 10.9. The molecule has 4 rings (SSSR count). The highest BCUT2D eigenvalue weighted by molar-refractivity contribution is 7.81. The van der Waals surface area contributed by atoms with Crippen LogP contribution in [0, 0.1) is 20.2 Å². The number of hydrogen-bond donors (Lipinski definition) is 6. The van der Waals surface area contributed by atoms with E-state index in [0.29, 0.717) is 39.2 Å². The number of para-hydroxylation sites is 4. The van der Waals surface area contributed by atoms with E-state index >= 15 is 0 Å². The molecule has 4 aromatic carbocycles. The van der Waals surface area contributed by atoms with Crippen LogP contribution < -0.4 is 31.9 Å². The second-order valence-corrected chi connectivity index (χ2v) is 9.66. The molecule has 0 saturated carbocycles. The highest BCUT2D eigenvalue weighted by Gasteiger charge is 2.11. The topological polar surface area (TPSA) is 158 Å². The van der Waals surface area contributed by atoms with Gasteiger partial charge in [0, 0.05) is 35.6 Å². The normalized spacial score (nSPS) is 10.1. The summed E-state index contributed by atoms with van der Waals surface area (Å²) < 4.78 is 0.